The van der Waals surface area contributed by atoms with Crippen LogP contribution in [0.4, 0.5) is 10.1 Å². The maximum Gasteiger partial charge on any atom is 0.123 e. The van der Waals surface area contributed by atoms with Crippen molar-refractivity contribution in [1.82, 2.24) is 0 Å². The molecule has 1 aromatic carbocycles. The summed E-state index contributed by atoms with van der Waals surface area (Å²) in [4.78, 5) is 2.07. The van der Waals surface area contributed by atoms with Crippen molar-refractivity contribution in [3.8, 4) is 0 Å². The van der Waals surface area contributed by atoms with E-state index in [1.54, 1.807) is 6.07 Å². The molecule has 1 aliphatic heterocycles. The SMILES string of the molecule is C[C@@H](N)c1cc(F)ccc1N1CCC(C)(O)C1. The summed E-state index contributed by atoms with van der Waals surface area (Å²) >= 11 is 0. The summed E-state index contributed by atoms with van der Waals surface area (Å²) in [5.74, 6) is -0.271. The number of hydrogen-bond donors (Lipinski definition) is 2. The molecular weight excluding hydrogens is 219 g/mol. The average Bonchev–Trinajstić information content (AvgIpc) is 2.58. The van der Waals surface area contributed by atoms with Crippen LogP contribution in [-0.4, -0.2) is 23.8 Å². The lowest BCUT2D eigenvalue weighted by Gasteiger charge is -2.24. The van der Waals surface area contributed by atoms with Gasteiger partial charge in [0.2, 0.25) is 0 Å². The zero-order valence-electron chi connectivity index (χ0n) is 10.3. The van der Waals surface area contributed by atoms with Crippen LogP contribution in [0.2, 0.25) is 0 Å². The second-order valence-corrected chi connectivity index (χ2v) is 5.16. The highest BCUT2D eigenvalue weighted by molar-refractivity contribution is 5.56. The van der Waals surface area contributed by atoms with E-state index in [4.69, 9.17) is 5.73 Å². The molecule has 0 saturated carbocycles. The van der Waals surface area contributed by atoms with E-state index in [0.717, 1.165) is 24.2 Å². The van der Waals surface area contributed by atoms with Crippen molar-refractivity contribution < 1.29 is 9.50 Å². The number of aliphatic hydroxyl groups is 1. The van der Waals surface area contributed by atoms with Crippen molar-refractivity contribution in [3.63, 3.8) is 0 Å². The molecule has 17 heavy (non-hydrogen) atoms. The minimum absolute atomic E-state index is 0.216. The predicted molar refractivity (Wildman–Crippen MR) is 66.5 cm³/mol. The van der Waals surface area contributed by atoms with Crippen LogP contribution in [0, 0.1) is 5.82 Å². The van der Waals surface area contributed by atoms with Crippen LogP contribution >= 0.6 is 0 Å². The summed E-state index contributed by atoms with van der Waals surface area (Å²) in [6, 6.07) is 4.45. The molecule has 0 aliphatic carbocycles. The second-order valence-electron chi connectivity index (χ2n) is 5.16. The van der Waals surface area contributed by atoms with Gasteiger partial charge < -0.3 is 15.7 Å². The Bertz CT molecular complexity index is 418. The molecule has 1 unspecified atom stereocenters. The van der Waals surface area contributed by atoms with Crippen LogP contribution in [0.15, 0.2) is 18.2 Å². The summed E-state index contributed by atoms with van der Waals surface area (Å²) in [5, 5.41) is 9.96. The fourth-order valence-electron chi connectivity index (χ4n) is 2.33. The van der Waals surface area contributed by atoms with E-state index in [1.807, 2.05) is 13.8 Å². The highest BCUT2D eigenvalue weighted by atomic mass is 19.1. The third-order valence-electron chi connectivity index (χ3n) is 3.27. The summed E-state index contributed by atoms with van der Waals surface area (Å²) < 4.78 is 13.2. The molecule has 3 N–H and O–H groups in total. The Morgan fingerprint density at radius 1 is 1.53 bits per heavy atom. The molecule has 2 atom stereocenters. The van der Waals surface area contributed by atoms with E-state index in [0.29, 0.717) is 6.54 Å². The summed E-state index contributed by atoms with van der Waals surface area (Å²) in [6.07, 6.45) is 0.725. The standard InChI is InChI=1S/C13H19FN2O/c1-9(15)11-7-10(14)3-4-12(11)16-6-5-13(2,17)8-16/h3-4,7,9,17H,5-6,8,15H2,1-2H3/t9-,13?/m1/s1. The number of nitrogens with zero attached hydrogens (tertiary/aromatic N) is 1. The van der Waals surface area contributed by atoms with Crippen molar-refractivity contribution in [2.24, 2.45) is 5.73 Å². The van der Waals surface area contributed by atoms with Crippen molar-refractivity contribution >= 4 is 5.69 Å². The van der Waals surface area contributed by atoms with Gasteiger partial charge in [0.05, 0.1) is 5.60 Å². The zero-order chi connectivity index (χ0) is 12.6. The molecule has 94 valence electrons. The molecule has 0 bridgehead atoms. The zero-order valence-corrected chi connectivity index (χ0v) is 10.3. The normalized spacial score (nSPS) is 26.3. The summed E-state index contributed by atoms with van der Waals surface area (Å²) in [7, 11) is 0. The van der Waals surface area contributed by atoms with Gasteiger partial charge in [-0.25, -0.2) is 4.39 Å². The van der Waals surface area contributed by atoms with Gasteiger partial charge in [-0.15, -0.1) is 0 Å². The second kappa shape index (κ2) is 4.27. The van der Waals surface area contributed by atoms with Crippen LogP contribution in [0.1, 0.15) is 31.9 Å². The summed E-state index contributed by atoms with van der Waals surface area (Å²) in [6.45, 7) is 5.01. The molecule has 1 heterocycles. The highest BCUT2D eigenvalue weighted by Crippen LogP contribution is 2.31. The number of hydrogen-bond acceptors (Lipinski definition) is 3. The van der Waals surface area contributed by atoms with E-state index in [-0.39, 0.29) is 11.9 Å². The van der Waals surface area contributed by atoms with Crippen LogP contribution in [0.25, 0.3) is 0 Å². The third-order valence-corrected chi connectivity index (χ3v) is 3.27. The van der Waals surface area contributed by atoms with Gasteiger partial charge in [-0.1, -0.05) is 0 Å². The number of β-amino-alcohol motifs (C(OH)–C–C–N with tert-alkyl or cyclic N) is 1. The topological polar surface area (TPSA) is 49.5 Å². The van der Waals surface area contributed by atoms with Gasteiger partial charge in [-0.05, 0) is 44.0 Å². The van der Waals surface area contributed by atoms with Crippen LogP contribution in [0.3, 0.4) is 0 Å². The minimum Gasteiger partial charge on any atom is -0.388 e. The van der Waals surface area contributed by atoms with Gasteiger partial charge in [-0.2, -0.15) is 0 Å². The Morgan fingerprint density at radius 3 is 2.76 bits per heavy atom. The molecule has 1 aromatic rings. The highest BCUT2D eigenvalue weighted by Gasteiger charge is 2.32. The van der Waals surface area contributed by atoms with E-state index >= 15 is 0 Å². The van der Waals surface area contributed by atoms with Crippen molar-refractivity contribution in [2.45, 2.75) is 31.9 Å². The van der Waals surface area contributed by atoms with Gasteiger partial charge in [0, 0.05) is 24.8 Å². The molecule has 1 aliphatic rings. The maximum atomic E-state index is 13.2. The third kappa shape index (κ3) is 2.58. The Balaban J connectivity index is 2.33. The Labute approximate surface area is 101 Å². The van der Waals surface area contributed by atoms with E-state index < -0.39 is 5.60 Å². The van der Waals surface area contributed by atoms with Gasteiger partial charge >= 0.3 is 0 Å². The lowest BCUT2D eigenvalue weighted by atomic mass is 10.1. The van der Waals surface area contributed by atoms with Crippen LogP contribution in [0.5, 0.6) is 0 Å². The first-order chi connectivity index (χ1) is 7.89. The number of nitrogens with two attached hydrogens (primary N) is 1. The predicted octanol–water partition coefficient (Wildman–Crippen LogP) is 1.81. The van der Waals surface area contributed by atoms with Gasteiger partial charge in [0.15, 0.2) is 0 Å². The maximum absolute atomic E-state index is 13.2. The lowest BCUT2D eigenvalue weighted by Crippen LogP contribution is -2.30. The Hall–Kier alpha value is -1.13. The molecular formula is C13H19FN2O. The number of anilines is 1. The average molecular weight is 238 g/mol. The van der Waals surface area contributed by atoms with E-state index in [2.05, 4.69) is 4.90 Å². The van der Waals surface area contributed by atoms with Crippen LogP contribution in [-0.2, 0) is 0 Å². The first-order valence-electron chi connectivity index (χ1n) is 5.91. The molecule has 1 fully saturated rings. The number of benzene rings is 1. The monoisotopic (exact) mass is 238 g/mol. The number of rotatable bonds is 2. The van der Waals surface area contributed by atoms with Crippen molar-refractivity contribution in [3.05, 3.63) is 29.6 Å². The van der Waals surface area contributed by atoms with Crippen LogP contribution < -0.4 is 10.6 Å². The smallest absolute Gasteiger partial charge is 0.123 e. The molecule has 1 saturated heterocycles. The Morgan fingerprint density at radius 2 is 2.24 bits per heavy atom. The molecule has 0 amide bonds. The van der Waals surface area contributed by atoms with Crippen molar-refractivity contribution in [1.29, 1.82) is 0 Å². The summed E-state index contributed by atoms with van der Waals surface area (Å²) in [5.41, 5.74) is 6.92. The first-order valence-corrected chi connectivity index (χ1v) is 5.91. The largest absolute Gasteiger partial charge is 0.388 e. The molecule has 2 rings (SSSR count). The minimum atomic E-state index is -0.663. The van der Waals surface area contributed by atoms with Gasteiger partial charge in [0.25, 0.3) is 0 Å². The first kappa shape index (κ1) is 12.3. The van der Waals surface area contributed by atoms with Gasteiger partial charge in [0.1, 0.15) is 5.82 Å². The fraction of sp³-hybridized carbons (Fsp3) is 0.538. The van der Waals surface area contributed by atoms with Gasteiger partial charge in [-0.3, -0.25) is 0 Å². The lowest BCUT2D eigenvalue weighted by molar-refractivity contribution is 0.0839. The molecule has 0 spiro atoms. The van der Waals surface area contributed by atoms with E-state index in [9.17, 15) is 9.50 Å². The molecule has 0 aromatic heterocycles. The van der Waals surface area contributed by atoms with E-state index in [1.165, 1.54) is 12.1 Å². The Kier molecular flexibility index (Phi) is 3.10. The fourth-order valence-corrected chi connectivity index (χ4v) is 2.33. The quantitative estimate of drug-likeness (QED) is 0.826. The van der Waals surface area contributed by atoms with Crippen molar-refractivity contribution in [2.75, 3.05) is 18.0 Å². The molecule has 3 nitrogen and oxygen atoms in total. The molecule has 0 radical (unpaired) electrons. The molecule has 4 heteroatoms. The number of halogens is 1.